The SMILES string of the molecule is CSCCCCCCNC(=O)C(N)c1ccc(C)cc1. The van der Waals surface area contributed by atoms with Crippen LogP contribution >= 0.6 is 11.8 Å². The predicted octanol–water partition coefficient (Wildman–Crippen LogP) is 3.03. The standard InChI is InChI=1S/C16H26N2OS/c1-13-7-9-14(10-8-13)15(17)16(19)18-11-5-3-4-6-12-20-2/h7-10,15H,3-6,11-12,17H2,1-2H3,(H,18,19). The highest BCUT2D eigenvalue weighted by Gasteiger charge is 2.14. The Morgan fingerprint density at radius 3 is 2.50 bits per heavy atom. The van der Waals surface area contributed by atoms with Crippen molar-refractivity contribution in [1.82, 2.24) is 5.32 Å². The van der Waals surface area contributed by atoms with Gasteiger partial charge in [-0.2, -0.15) is 11.8 Å². The molecule has 0 spiro atoms. The Balaban J connectivity index is 2.20. The number of aryl methyl sites for hydroxylation is 1. The van der Waals surface area contributed by atoms with Crippen molar-refractivity contribution >= 4 is 17.7 Å². The lowest BCUT2D eigenvalue weighted by Gasteiger charge is -2.12. The van der Waals surface area contributed by atoms with E-state index in [0.717, 1.165) is 18.5 Å². The number of unbranched alkanes of at least 4 members (excludes halogenated alkanes) is 3. The Morgan fingerprint density at radius 1 is 1.20 bits per heavy atom. The monoisotopic (exact) mass is 294 g/mol. The van der Waals surface area contributed by atoms with Gasteiger partial charge >= 0.3 is 0 Å². The average molecular weight is 294 g/mol. The Hall–Kier alpha value is -1.00. The number of hydrogen-bond acceptors (Lipinski definition) is 3. The van der Waals surface area contributed by atoms with Crippen LogP contribution in [0.5, 0.6) is 0 Å². The largest absolute Gasteiger partial charge is 0.354 e. The van der Waals surface area contributed by atoms with Crippen LogP contribution in [0.4, 0.5) is 0 Å². The summed E-state index contributed by atoms with van der Waals surface area (Å²) in [6, 6.07) is 7.24. The van der Waals surface area contributed by atoms with Crippen molar-refractivity contribution in [2.75, 3.05) is 18.6 Å². The summed E-state index contributed by atoms with van der Waals surface area (Å²) in [6.45, 7) is 2.74. The van der Waals surface area contributed by atoms with Gasteiger partial charge in [0.05, 0.1) is 0 Å². The Labute approximate surface area is 126 Å². The van der Waals surface area contributed by atoms with Crippen molar-refractivity contribution in [3.63, 3.8) is 0 Å². The summed E-state index contributed by atoms with van der Waals surface area (Å²) in [5, 5.41) is 2.92. The topological polar surface area (TPSA) is 55.1 Å². The van der Waals surface area contributed by atoms with Gasteiger partial charge < -0.3 is 11.1 Å². The minimum atomic E-state index is -0.563. The summed E-state index contributed by atoms with van der Waals surface area (Å²) in [5.74, 6) is 1.14. The second-order valence-electron chi connectivity index (χ2n) is 5.09. The molecular formula is C16H26N2OS. The molecule has 0 aliphatic heterocycles. The fourth-order valence-electron chi connectivity index (χ4n) is 1.97. The van der Waals surface area contributed by atoms with Gasteiger partial charge in [-0.15, -0.1) is 0 Å². The van der Waals surface area contributed by atoms with E-state index in [2.05, 4.69) is 11.6 Å². The molecule has 1 amide bonds. The van der Waals surface area contributed by atoms with Crippen molar-refractivity contribution in [2.45, 2.75) is 38.6 Å². The maximum atomic E-state index is 11.9. The molecule has 0 saturated carbocycles. The number of carbonyl (C=O) groups is 1. The minimum Gasteiger partial charge on any atom is -0.354 e. The summed E-state index contributed by atoms with van der Waals surface area (Å²) >= 11 is 1.89. The lowest BCUT2D eigenvalue weighted by molar-refractivity contribution is -0.122. The fraction of sp³-hybridized carbons (Fsp3) is 0.562. The molecule has 1 aromatic rings. The third kappa shape index (κ3) is 6.44. The molecule has 0 bridgehead atoms. The average Bonchev–Trinajstić information content (AvgIpc) is 2.46. The number of thioether (sulfide) groups is 1. The van der Waals surface area contributed by atoms with Gasteiger partial charge in [0.2, 0.25) is 5.91 Å². The highest BCUT2D eigenvalue weighted by atomic mass is 32.2. The zero-order valence-electron chi connectivity index (χ0n) is 12.5. The van der Waals surface area contributed by atoms with Crippen molar-refractivity contribution in [2.24, 2.45) is 5.73 Å². The van der Waals surface area contributed by atoms with E-state index in [9.17, 15) is 4.79 Å². The molecule has 0 fully saturated rings. The smallest absolute Gasteiger partial charge is 0.241 e. The summed E-state index contributed by atoms with van der Waals surface area (Å²) in [5.41, 5.74) is 8.00. The van der Waals surface area contributed by atoms with Crippen LogP contribution in [0.15, 0.2) is 24.3 Å². The van der Waals surface area contributed by atoms with Crippen LogP contribution < -0.4 is 11.1 Å². The first-order valence-corrected chi connectivity index (χ1v) is 8.63. The van der Waals surface area contributed by atoms with Gasteiger partial charge in [0.1, 0.15) is 6.04 Å². The first-order chi connectivity index (χ1) is 9.65. The number of hydrogen-bond donors (Lipinski definition) is 2. The molecule has 0 aliphatic rings. The molecule has 0 aromatic heterocycles. The zero-order chi connectivity index (χ0) is 14.8. The van der Waals surface area contributed by atoms with Crippen molar-refractivity contribution in [1.29, 1.82) is 0 Å². The molecule has 1 atom stereocenters. The van der Waals surface area contributed by atoms with Crippen molar-refractivity contribution in [3.05, 3.63) is 35.4 Å². The maximum Gasteiger partial charge on any atom is 0.241 e. The van der Waals surface area contributed by atoms with Gasteiger partial charge in [-0.3, -0.25) is 4.79 Å². The molecule has 1 aromatic carbocycles. The number of nitrogens with one attached hydrogen (secondary N) is 1. The van der Waals surface area contributed by atoms with E-state index in [1.54, 1.807) is 0 Å². The van der Waals surface area contributed by atoms with E-state index in [1.165, 1.54) is 30.6 Å². The molecule has 3 N–H and O–H groups in total. The molecule has 0 heterocycles. The third-order valence-electron chi connectivity index (χ3n) is 3.29. The summed E-state index contributed by atoms with van der Waals surface area (Å²) in [7, 11) is 0. The second kappa shape index (κ2) is 9.83. The minimum absolute atomic E-state index is 0.0852. The Kier molecular flexibility index (Phi) is 8.38. The van der Waals surface area contributed by atoms with E-state index < -0.39 is 6.04 Å². The van der Waals surface area contributed by atoms with Gasteiger partial charge in [-0.1, -0.05) is 42.7 Å². The number of nitrogens with two attached hydrogens (primary N) is 1. The molecule has 112 valence electrons. The van der Waals surface area contributed by atoms with Crippen molar-refractivity contribution in [3.8, 4) is 0 Å². The van der Waals surface area contributed by atoms with Gasteiger partial charge in [-0.25, -0.2) is 0 Å². The molecule has 1 rings (SSSR count). The molecule has 0 saturated heterocycles. The molecule has 0 radical (unpaired) electrons. The van der Waals surface area contributed by atoms with Crippen LogP contribution in [-0.2, 0) is 4.79 Å². The highest BCUT2D eigenvalue weighted by molar-refractivity contribution is 7.98. The lowest BCUT2D eigenvalue weighted by atomic mass is 10.1. The van der Waals surface area contributed by atoms with Crippen LogP contribution in [-0.4, -0.2) is 24.5 Å². The zero-order valence-corrected chi connectivity index (χ0v) is 13.3. The van der Waals surface area contributed by atoms with Crippen LogP contribution in [0.3, 0.4) is 0 Å². The van der Waals surface area contributed by atoms with Crippen LogP contribution in [0.1, 0.15) is 42.9 Å². The normalized spacial score (nSPS) is 12.2. The fourth-order valence-corrected chi connectivity index (χ4v) is 2.46. The van der Waals surface area contributed by atoms with Gasteiger partial charge in [0, 0.05) is 6.54 Å². The highest BCUT2D eigenvalue weighted by Crippen LogP contribution is 2.11. The molecular weight excluding hydrogens is 268 g/mol. The van der Waals surface area contributed by atoms with Crippen LogP contribution in [0.25, 0.3) is 0 Å². The number of carbonyl (C=O) groups excluding carboxylic acids is 1. The molecule has 1 unspecified atom stereocenters. The number of rotatable bonds is 9. The van der Waals surface area contributed by atoms with E-state index in [4.69, 9.17) is 5.73 Å². The summed E-state index contributed by atoms with van der Waals surface area (Å²) in [4.78, 5) is 11.9. The van der Waals surface area contributed by atoms with E-state index in [0.29, 0.717) is 0 Å². The summed E-state index contributed by atoms with van der Waals surface area (Å²) < 4.78 is 0. The molecule has 3 nitrogen and oxygen atoms in total. The van der Waals surface area contributed by atoms with Crippen LogP contribution in [0, 0.1) is 6.92 Å². The lowest BCUT2D eigenvalue weighted by Crippen LogP contribution is -2.34. The third-order valence-corrected chi connectivity index (χ3v) is 3.99. The molecule has 20 heavy (non-hydrogen) atoms. The first kappa shape index (κ1) is 17.1. The van der Waals surface area contributed by atoms with Gasteiger partial charge in [0.25, 0.3) is 0 Å². The second-order valence-corrected chi connectivity index (χ2v) is 6.07. The Morgan fingerprint density at radius 2 is 1.85 bits per heavy atom. The summed E-state index contributed by atoms with van der Waals surface area (Å²) in [6.07, 6.45) is 6.83. The predicted molar refractivity (Wildman–Crippen MR) is 88.0 cm³/mol. The number of amides is 1. The Bertz CT molecular complexity index is 392. The van der Waals surface area contributed by atoms with Gasteiger partial charge in [-0.05, 0) is 37.3 Å². The molecule has 4 heteroatoms. The quantitative estimate of drug-likeness (QED) is 0.688. The van der Waals surface area contributed by atoms with E-state index >= 15 is 0 Å². The van der Waals surface area contributed by atoms with Gasteiger partial charge in [0.15, 0.2) is 0 Å². The van der Waals surface area contributed by atoms with Crippen molar-refractivity contribution < 1.29 is 4.79 Å². The van der Waals surface area contributed by atoms with E-state index in [-0.39, 0.29) is 5.91 Å². The van der Waals surface area contributed by atoms with Crippen LogP contribution in [0.2, 0.25) is 0 Å². The maximum absolute atomic E-state index is 11.9. The number of benzene rings is 1. The van der Waals surface area contributed by atoms with E-state index in [1.807, 2.05) is 43.0 Å². The molecule has 0 aliphatic carbocycles. The first-order valence-electron chi connectivity index (χ1n) is 7.24.